The fourth-order valence-electron chi connectivity index (χ4n) is 4.38. The number of terminal acetylenes is 1. The molecule has 9 nitrogen and oxygen atoms in total. The van der Waals surface area contributed by atoms with Gasteiger partial charge in [-0.15, -0.1) is 6.42 Å². The topological polar surface area (TPSA) is 129 Å². The van der Waals surface area contributed by atoms with Crippen LogP contribution in [-0.2, 0) is 4.74 Å². The summed E-state index contributed by atoms with van der Waals surface area (Å²) in [6.45, 7) is 0.397. The molecule has 0 spiro atoms. The Morgan fingerprint density at radius 1 is 1.18 bits per heavy atom. The van der Waals surface area contributed by atoms with Crippen molar-refractivity contribution in [2.24, 2.45) is 0 Å². The van der Waals surface area contributed by atoms with Gasteiger partial charge in [0.15, 0.2) is 5.78 Å². The van der Waals surface area contributed by atoms with Crippen LogP contribution in [0.25, 0.3) is 11.0 Å². The van der Waals surface area contributed by atoms with E-state index in [4.69, 9.17) is 22.8 Å². The van der Waals surface area contributed by atoms with Crippen molar-refractivity contribution < 1.29 is 19.4 Å². The van der Waals surface area contributed by atoms with Gasteiger partial charge in [-0.2, -0.15) is 0 Å². The van der Waals surface area contributed by atoms with Gasteiger partial charge >= 0.3 is 0 Å². The summed E-state index contributed by atoms with van der Waals surface area (Å²) >= 11 is 6.49. The van der Waals surface area contributed by atoms with Gasteiger partial charge in [0.2, 0.25) is 0 Å². The number of rotatable bonds is 7. The van der Waals surface area contributed by atoms with E-state index in [2.05, 4.69) is 31.5 Å². The highest BCUT2D eigenvalue weighted by Crippen LogP contribution is 2.30. The highest BCUT2D eigenvalue weighted by atomic mass is 35.5. The maximum absolute atomic E-state index is 13.6. The van der Waals surface area contributed by atoms with Crippen molar-refractivity contribution in [1.82, 2.24) is 15.0 Å². The van der Waals surface area contributed by atoms with E-state index in [1.807, 2.05) is 0 Å². The molecule has 10 heteroatoms. The number of carbonyl (C=O) groups excluding carboxylic acids is 2. The van der Waals surface area contributed by atoms with Gasteiger partial charge in [-0.25, -0.2) is 9.97 Å². The van der Waals surface area contributed by atoms with E-state index in [1.165, 1.54) is 18.5 Å². The van der Waals surface area contributed by atoms with Crippen molar-refractivity contribution in [2.45, 2.75) is 25.0 Å². The van der Waals surface area contributed by atoms with E-state index >= 15 is 0 Å². The lowest BCUT2D eigenvalue weighted by Crippen LogP contribution is -2.36. The Morgan fingerprint density at radius 2 is 2.05 bits per heavy atom. The molecule has 2 aromatic heterocycles. The van der Waals surface area contributed by atoms with Crippen LogP contribution in [0, 0.1) is 12.3 Å². The third-order valence-corrected chi connectivity index (χ3v) is 6.70. The van der Waals surface area contributed by atoms with Crippen molar-refractivity contribution in [1.29, 1.82) is 0 Å². The van der Waals surface area contributed by atoms with E-state index in [0.717, 1.165) is 6.42 Å². The number of ether oxygens (including phenoxy) is 1. The van der Waals surface area contributed by atoms with E-state index in [9.17, 15) is 14.7 Å². The van der Waals surface area contributed by atoms with Gasteiger partial charge in [-0.3, -0.25) is 9.59 Å². The smallest absolute Gasteiger partial charge is 0.255 e. The zero-order chi connectivity index (χ0) is 26.6. The van der Waals surface area contributed by atoms with Crippen molar-refractivity contribution in [3.63, 3.8) is 0 Å². The summed E-state index contributed by atoms with van der Waals surface area (Å²) in [5.41, 5.74) is 2.57. The van der Waals surface area contributed by atoms with Gasteiger partial charge in [-0.05, 0) is 49.2 Å². The second-order valence-corrected chi connectivity index (χ2v) is 9.31. The van der Waals surface area contributed by atoms with E-state index in [1.54, 1.807) is 36.5 Å². The number of aromatic nitrogens is 3. The third-order valence-electron chi connectivity index (χ3n) is 6.39. The number of aliphatic hydroxyl groups is 1. The average molecular weight is 530 g/mol. The predicted octanol–water partition coefficient (Wildman–Crippen LogP) is 4.03. The van der Waals surface area contributed by atoms with Crippen molar-refractivity contribution in [2.75, 3.05) is 23.8 Å². The Bertz CT molecular complexity index is 1550. The van der Waals surface area contributed by atoms with Crippen LogP contribution >= 0.6 is 11.6 Å². The number of halogens is 1. The summed E-state index contributed by atoms with van der Waals surface area (Å²) in [7, 11) is 0. The molecular formula is C28H24ClN5O4. The third kappa shape index (κ3) is 5.24. The predicted molar refractivity (Wildman–Crippen MR) is 145 cm³/mol. The molecule has 4 aromatic rings. The largest absolute Gasteiger partial charge is 0.394 e. The fourth-order valence-corrected chi connectivity index (χ4v) is 4.65. The summed E-state index contributed by atoms with van der Waals surface area (Å²) in [6.07, 6.45) is 9.74. The molecule has 1 aliphatic rings. The molecule has 1 amide bonds. The Morgan fingerprint density at radius 3 is 2.79 bits per heavy atom. The molecule has 2 atom stereocenters. The van der Waals surface area contributed by atoms with Crippen LogP contribution in [0.5, 0.6) is 0 Å². The fraction of sp³-hybridized carbons (Fsp3) is 0.214. The average Bonchev–Trinajstić information content (AvgIpc) is 3.38. The van der Waals surface area contributed by atoms with Crippen molar-refractivity contribution in [3.05, 3.63) is 82.3 Å². The molecule has 0 unspecified atom stereocenters. The number of aromatic amines is 1. The van der Waals surface area contributed by atoms with Gasteiger partial charge in [0.1, 0.15) is 17.8 Å². The molecule has 0 radical (unpaired) electrons. The van der Waals surface area contributed by atoms with Crippen molar-refractivity contribution in [3.8, 4) is 12.3 Å². The highest BCUT2D eigenvalue weighted by molar-refractivity contribution is 6.36. The number of nitrogens with one attached hydrogen (secondary N) is 3. The molecule has 4 N–H and O–H groups in total. The standard InChI is InChI=1S/C28H24ClN5O4/c1-2-16-4-3-5-18(10-16)34-28(37)17-6-9-21(23(29)11-17)25(36)22-12-30-26-24(22)27(32-15-31-26)33-19-7-8-20(13-35)38-14-19/h1,3-6,9-12,15,19-20,35H,7-8,13-14H2,(H,34,37)(H2,30,31,32,33)/t19-,20+/m1/s1. The summed E-state index contributed by atoms with van der Waals surface area (Å²) in [5.74, 6) is 2.30. The number of nitrogens with zero attached hydrogens (tertiary/aromatic N) is 2. The second-order valence-electron chi connectivity index (χ2n) is 8.91. The first kappa shape index (κ1) is 25.4. The van der Waals surface area contributed by atoms with Crippen LogP contribution in [0.2, 0.25) is 5.02 Å². The normalized spacial score (nSPS) is 17.1. The molecule has 2 aromatic carbocycles. The molecule has 5 rings (SSSR count). The number of fused-ring (bicyclic) bond motifs is 1. The second kappa shape index (κ2) is 11.0. The molecule has 0 aliphatic carbocycles. The van der Waals surface area contributed by atoms with Crippen LogP contribution < -0.4 is 10.6 Å². The highest BCUT2D eigenvalue weighted by Gasteiger charge is 2.25. The molecule has 3 heterocycles. The molecule has 1 saturated heterocycles. The minimum atomic E-state index is -0.384. The minimum Gasteiger partial charge on any atom is -0.394 e. The Labute approximate surface area is 223 Å². The first-order valence-corrected chi connectivity index (χ1v) is 12.4. The zero-order valence-corrected chi connectivity index (χ0v) is 21.0. The van der Waals surface area contributed by atoms with Gasteiger partial charge in [0.25, 0.3) is 5.91 Å². The lowest BCUT2D eigenvalue weighted by molar-refractivity contribution is -0.0224. The monoisotopic (exact) mass is 529 g/mol. The summed E-state index contributed by atoms with van der Waals surface area (Å²) < 4.78 is 5.66. The maximum Gasteiger partial charge on any atom is 0.255 e. The number of H-pyrrole nitrogens is 1. The molecule has 0 bridgehead atoms. The summed E-state index contributed by atoms with van der Waals surface area (Å²) in [5, 5.41) is 16.1. The summed E-state index contributed by atoms with van der Waals surface area (Å²) in [6, 6.07) is 11.4. The first-order chi connectivity index (χ1) is 18.5. The summed E-state index contributed by atoms with van der Waals surface area (Å²) in [4.78, 5) is 37.9. The van der Waals surface area contributed by atoms with Crippen LogP contribution in [0.3, 0.4) is 0 Å². The van der Waals surface area contributed by atoms with Gasteiger partial charge in [-0.1, -0.05) is 23.6 Å². The van der Waals surface area contributed by atoms with Crippen LogP contribution in [0.1, 0.15) is 44.7 Å². The number of hydrogen-bond donors (Lipinski definition) is 4. The number of amides is 1. The van der Waals surface area contributed by atoms with Gasteiger partial charge in [0, 0.05) is 28.6 Å². The molecule has 1 fully saturated rings. The van der Waals surface area contributed by atoms with Crippen LogP contribution in [0.4, 0.5) is 11.5 Å². The molecule has 38 heavy (non-hydrogen) atoms. The first-order valence-electron chi connectivity index (χ1n) is 12.0. The molecule has 0 saturated carbocycles. The number of hydrogen-bond acceptors (Lipinski definition) is 7. The Balaban J connectivity index is 1.37. The lowest BCUT2D eigenvalue weighted by atomic mass is 10.0. The number of anilines is 2. The number of carbonyl (C=O) groups is 2. The van der Waals surface area contributed by atoms with Gasteiger partial charge < -0.3 is 25.5 Å². The molecule has 192 valence electrons. The maximum atomic E-state index is 13.6. The Hall–Kier alpha value is -4.23. The minimum absolute atomic E-state index is 0.0128. The van der Waals surface area contributed by atoms with E-state index < -0.39 is 0 Å². The van der Waals surface area contributed by atoms with Gasteiger partial charge in [0.05, 0.1) is 41.3 Å². The lowest BCUT2D eigenvalue weighted by Gasteiger charge is -2.29. The molecular weight excluding hydrogens is 506 g/mol. The molecule has 1 aliphatic heterocycles. The number of ketones is 1. The SMILES string of the molecule is C#Cc1cccc(NC(=O)c2ccc(C(=O)c3c[nH]c4ncnc(N[C@@H]5CC[C@@H](CO)OC5)c34)c(Cl)c2)c1. The van der Waals surface area contributed by atoms with E-state index in [0.29, 0.717) is 52.3 Å². The number of benzene rings is 2. The van der Waals surface area contributed by atoms with E-state index in [-0.39, 0.29) is 41.0 Å². The zero-order valence-electron chi connectivity index (χ0n) is 20.2. The number of aliphatic hydroxyl groups excluding tert-OH is 1. The van der Waals surface area contributed by atoms with Crippen LogP contribution in [0.15, 0.2) is 55.0 Å². The quantitative estimate of drug-likeness (QED) is 0.210. The Kier molecular flexibility index (Phi) is 7.38. The van der Waals surface area contributed by atoms with Crippen molar-refractivity contribution >= 4 is 45.8 Å². The van der Waals surface area contributed by atoms with Crippen LogP contribution in [-0.4, -0.2) is 57.1 Å².